The Morgan fingerprint density at radius 1 is 1.38 bits per heavy atom. The molecule has 1 saturated heterocycles. The molecule has 0 aromatic carbocycles. The van der Waals surface area contributed by atoms with Crippen molar-refractivity contribution in [2.45, 2.75) is 39.2 Å². The van der Waals surface area contributed by atoms with Crippen molar-refractivity contribution >= 4 is 22.1 Å². The summed E-state index contributed by atoms with van der Waals surface area (Å²) in [6.07, 6.45) is 0.735. The van der Waals surface area contributed by atoms with Crippen molar-refractivity contribution in [1.29, 1.82) is 0 Å². The molecule has 8 nitrogen and oxygen atoms in total. The van der Waals surface area contributed by atoms with E-state index in [1.165, 1.54) is 0 Å². The summed E-state index contributed by atoms with van der Waals surface area (Å²) in [5.41, 5.74) is 0. The van der Waals surface area contributed by atoms with E-state index in [-0.39, 0.29) is 32.7 Å². The largest absolute Gasteiger partial charge is 0.481 e. The molecular weight excluding hydrogens is 300 g/mol. The number of hydrogen-bond donors (Lipinski definition) is 1. The minimum Gasteiger partial charge on any atom is -0.481 e. The Balaban J connectivity index is 2.87. The third-order valence-corrected chi connectivity index (χ3v) is 5.44. The molecule has 0 bridgehead atoms. The molecule has 1 aliphatic heterocycles. The molecule has 0 aliphatic carbocycles. The summed E-state index contributed by atoms with van der Waals surface area (Å²) in [5.74, 6) is -1.61. The summed E-state index contributed by atoms with van der Waals surface area (Å²) in [7, 11) is -3.86. The molecular formula is C12H22N2O6S. The minimum atomic E-state index is -3.86. The Hall–Kier alpha value is -1.19. The molecule has 0 aromatic heterocycles. The highest BCUT2D eigenvalue weighted by molar-refractivity contribution is 7.86. The lowest BCUT2D eigenvalue weighted by Gasteiger charge is -2.29. The number of esters is 1. The molecule has 1 aliphatic rings. The molecule has 0 spiro atoms. The molecule has 1 N–H and O–H groups in total. The summed E-state index contributed by atoms with van der Waals surface area (Å²) in [6, 6.07) is -0.811. The van der Waals surface area contributed by atoms with Crippen LogP contribution in [0.15, 0.2) is 0 Å². The lowest BCUT2D eigenvalue weighted by molar-refractivity contribution is -0.147. The molecule has 9 heteroatoms. The quantitative estimate of drug-likeness (QED) is 0.633. The van der Waals surface area contributed by atoms with Gasteiger partial charge in [-0.1, -0.05) is 6.92 Å². The third-order valence-electron chi connectivity index (χ3n) is 3.31. The third kappa shape index (κ3) is 4.39. The van der Waals surface area contributed by atoms with Crippen LogP contribution in [-0.4, -0.2) is 66.4 Å². The number of ether oxygens (including phenoxy) is 1. The van der Waals surface area contributed by atoms with Gasteiger partial charge >= 0.3 is 11.9 Å². The van der Waals surface area contributed by atoms with E-state index in [0.29, 0.717) is 12.8 Å². The molecule has 1 unspecified atom stereocenters. The van der Waals surface area contributed by atoms with Gasteiger partial charge in [-0.3, -0.25) is 9.59 Å². The van der Waals surface area contributed by atoms with Crippen LogP contribution in [0.25, 0.3) is 0 Å². The van der Waals surface area contributed by atoms with Crippen LogP contribution in [0.2, 0.25) is 0 Å². The van der Waals surface area contributed by atoms with Crippen LogP contribution < -0.4 is 0 Å². The predicted molar refractivity (Wildman–Crippen MR) is 74.8 cm³/mol. The zero-order valence-corrected chi connectivity index (χ0v) is 13.1. The second-order valence-corrected chi connectivity index (χ2v) is 6.55. The van der Waals surface area contributed by atoms with E-state index in [1.54, 1.807) is 13.8 Å². The topological polar surface area (TPSA) is 104 Å². The Morgan fingerprint density at radius 2 is 2.05 bits per heavy atom. The van der Waals surface area contributed by atoms with Crippen LogP contribution in [-0.2, 0) is 24.5 Å². The lowest BCUT2D eigenvalue weighted by atomic mass is 10.2. The predicted octanol–water partition coefficient (Wildman–Crippen LogP) is 0.0553. The van der Waals surface area contributed by atoms with Crippen LogP contribution in [0.1, 0.15) is 33.1 Å². The first-order chi connectivity index (χ1) is 9.84. The summed E-state index contributed by atoms with van der Waals surface area (Å²) in [4.78, 5) is 22.5. The zero-order valence-electron chi connectivity index (χ0n) is 12.3. The average Bonchev–Trinajstić information content (AvgIpc) is 2.89. The summed E-state index contributed by atoms with van der Waals surface area (Å²) in [5, 5.41) is 8.69. The first kappa shape index (κ1) is 17.9. The van der Waals surface area contributed by atoms with Gasteiger partial charge in [0, 0.05) is 19.6 Å². The standard InChI is InChI=1S/C12H22N2O6S/c1-3-13(9-7-11(15)16)21(18,19)14-8-5-6-10(14)12(17)20-4-2/h10H,3-9H2,1-2H3,(H,15,16). The summed E-state index contributed by atoms with van der Waals surface area (Å²) >= 11 is 0. The van der Waals surface area contributed by atoms with Gasteiger partial charge in [0.25, 0.3) is 10.2 Å². The average molecular weight is 322 g/mol. The van der Waals surface area contributed by atoms with Crippen LogP contribution in [0.4, 0.5) is 0 Å². The second kappa shape index (κ2) is 7.71. The SMILES string of the molecule is CCOC(=O)C1CCCN1S(=O)(=O)N(CC)CCC(=O)O. The second-order valence-electron chi connectivity index (χ2n) is 4.66. The maximum Gasteiger partial charge on any atom is 0.324 e. The van der Waals surface area contributed by atoms with Gasteiger partial charge in [-0.2, -0.15) is 17.0 Å². The first-order valence-electron chi connectivity index (χ1n) is 6.99. The van der Waals surface area contributed by atoms with Crippen LogP contribution >= 0.6 is 0 Å². The molecule has 21 heavy (non-hydrogen) atoms. The van der Waals surface area contributed by atoms with E-state index in [9.17, 15) is 18.0 Å². The Morgan fingerprint density at radius 3 is 2.57 bits per heavy atom. The van der Waals surface area contributed by atoms with Crippen LogP contribution in [0.3, 0.4) is 0 Å². The molecule has 0 radical (unpaired) electrons. The number of carboxylic acids is 1. The highest BCUT2D eigenvalue weighted by atomic mass is 32.2. The number of carbonyl (C=O) groups excluding carboxylic acids is 1. The van der Waals surface area contributed by atoms with Crippen molar-refractivity contribution in [3.63, 3.8) is 0 Å². The number of carbonyl (C=O) groups is 2. The Labute approximate surface area is 124 Å². The van der Waals surface area contributed by atoms with Gasteiger partial charge < -0.3 is 9.84 Å². The van der Waals surface area contributed by atoms with Gasteiger partial charge in [0.2, 0.25) is 0 Å². The smallest absolute Gasteiger partial charge is 0.324 e. The fraction of sp³-hybridized carbons (Fsp3) is 0.833. The first-order valence-corrected chi connectivity index (χ1v) is 8.39. The fourth-order valence-electron chi connectivity index (χ4n) is 2.30. The number of rotatable bonds is 8. The highest BCUT2D eigenvalue weighted by Gasteiger charge is 2.41. The van der Waals surface area contributed by atoms with Crippen LogP contribution in [0, 0.1) is 0 Å². The summed E-state index contributed by atoms with van der Waals surface area (Å²) < 4.78 is 32.2. The molecule has 0 aromatic rings. The monoisotopic (exact) mass is 322 g/mol. The molecule has 1 fully saturated rings. The molecule has 1 heterocycles. The van der Waals surface area contributed by atoms with E-state index in [1.807, 2.05) is 0 Å². The van der Waals surface area contributed by atoms with E-state index in [0.717, 1.165) is 8.61 Å². The molecule has 1 atom stereocenters. The van der Waals surface area contributed by atoms with Gasteiger partial charge in [-0.05, 0) is 19.8 Å². The van der Waals surface area contributed by atoms with Gasteiger partial charge in [-0.25, -0.2) is 0 Å². The number of nitrogens with zero attached hydrogens (tertiary/aromatic N) is 2. The molecule has 0 amide bonds. The van der Waals surface area contributed by atoms with E-state index in [4.69, 9.17) is 9.84 Å². The van der Waals surface area contributed by atoms with Gasteiger partial charge in [-0.15, -0.1) is 0 Å². The van der Waals surface area contributed by atoms with Gasteiger partial charge in [0.1, 0.15) is 6.04 Å². The zero-order chi connectivity index (χ0) is 16.0. The van der Waals surface area contributed by atoms with Gasteiger partial charge in [0.15, 0.2) is 0 Å². The molecule has 1 rings (SSSR count). The highest BCUT2D eigenvalue weighted by Crippen LogP contribution is 2.24. The van der Waals surface area contributed by atoms with Crippen molar-refractivity contribution in [1.82, 2.24) is 8.61 Å². The Bertz CT molecular complexity index is 478. The lowest BCUT2D eigenvalue weighted by Crippen LogP contribution is -2.49. The van der Waals surface area contributed by atoms with Gasteiger partial charge in [0.05, 0.1) is 13.0 Å². The fourth-order valence-corrected chi connectivity index (χ4v) is 4.11. The van der Waals surface area contributed by atoms with Crippen molar-refractivity contribution < 1.29 is 27.9 Å². The molecule has 0 saturated carbocycles. The van der Waals surface area contributed by atoms with Crippen molar-refractivity contribution in [3.8, 4) is 0 Å². The van der Waals surface area contributed by atoms with E-state index in [2.05, 4.69) is 0 Å². The van der Waals surface area contributed by atoms with E-state index < -0.39 is 28.2 Å². The van der Waals surface area contributed by atoms with Crippen molar-refractivity contribution in [2.24, 2.45) is 0 Å². The minimum absolute atomic E-state index is 0.111. The van der Waals surface area contributed by atoms with E-state index >= 15 is 0 Å². The van der Waals surface area contributed by atoms with Crippen molar-refractivity contribution in [3.05, 3.63) is 0 Å². The number of hydrogen-bond acceptors (Lipinski definition) is 5. The molecule has 122 valence electrons. The Kier molecular flexibility index (Phi) is 6.56. The summed E-state index contributed by atoms with van der Waals surface area (Å²) in [6.45, 7) is 3.78. The number of carboxylic acid groups (broad SMARTS) is 1. The van der Waals surface area contributed by atoms with Crippen molar-refractivity contribution in [2.75, 3.05) is 26.2 Å². The maximum atomic E-state index is 12.5. The normalized spacial score (nSPS) is 19.9. The van der Waals surface area contributed by atoms with Crippen LogP contribution in [0.5, 0.6) is 0 Å². The maximum absolute atomic E-state index is 12.5. The number of aliphatic carboxylic acids is 1.